The summed E-state index contributed by atoms with van der Waals surface area (Å²) in [5, 5.41) is 19.5. The molecule has 2 N–H and O–H groups in total. The first-order valence-electron chi connectivity index (χ1n) is 6.83. The lowest BCUT2D eigenvalue weighted by molar-refractivity contribution is 0.00684. The highest BCUT2D eigenvalue weighted by Crippen LogP contribution is 2.25. The standard InChI is InChI=1S/C15H22O3/c1-2-13(16)11-7-9-12(10-8-11)18-15-6-4-3-5-14(15)17/h7-10,13-17H,2-6H2,1H3. The van der Waals surface area contributed by atoms with Crippen molar-refractivity contribution in [2.45, 2.75) is 57.3 Å². The molecule has 1 fully saturated rings. The first-order valence-corrected chi connectivity index (χ1v) is 6.83. The van der Waals surface area contributed by atoms with Gasteiger partial charge in [0.25, 0.3) is 0 Å². The van der Waals surface area contributed by atoms with E-state index in [0.29, 0.717) is 6.42 Å². The van der Waals surface area contributed by atoms with Crippen LogP contribution in [0.25, 0.3) is 0 Å². The van der Waals surface area contributed by atoms with Gasteiger partial charge in [-0.2, -0.15) is 0 Å². The highest BCUT2D eigenvalue weighted by molar-refractivity contribution is 5.28. The average Bonchev–Trinajstić information content (AvgIpc) is 2.41. The Kier molecular flexibility index (Phi) is 4.61. The van der Waals surface area contributed by atoms with Crippen molar-refractivity contribution in [2.75, 3.05) is 0 Å². The lowest BCUT2D eigenvalue weighted by atomic mass is 9.95. The largest absolute Gasteiger partial charge is 0.488 e. The summed E-state index contributed by atoms with van der Waals surface area (Å²) in [6.45, 7) is 1.95. The molecule has 18 heavy (non-hydrogen) atoms. The molecule has 100 valence electrons. The molecule has 3 unspecified atom stereocenters. The Morgan fingerprint density at radius 3 is 2.50 bits per heavy atom. The first-order chi connectivity index (χ1) is 8.70. The van der Waals surface area contributed by atoms with Gasteiger partial charge in [0.15, 0.2) is 0 Å². The van der Waals surface area contributed by atoms with Crippen molar-refractivity contribution >= 4 is 0 Å². The molecule has 0 bridgehead atoms. The highest BCUT2D eigenvalue weighted by Gasteiger charge is 2.24. The summed E-state index contributed by atoms with van der Waals surface area (Å²) in [5.74, 6) is 0.771. The lowest BCUT2D eigenvalue weighted by Gasteiger charge is -2.28. The van der Waals surface area contributed by atoms with Crippen LogP contribution in [0.15, 0.2) is 24.3 Å². The lowest BCUT2D eigenvalue weighted by Crippen LogP contribution is -2.34. The van der Waals surface area contributed by atoms with Gasteiger partial charge < -0.3 is 14.9 Å². The van der Waals surface area contributed by atoms with E-state index in [-0.39, 0.29) is 12.2 Å². The molecule has 3 nitrogen and oxygen atoms in total. The third-order valence-corrected chi connectivity index (χ3v) is 3.61. The Bertz CT molecular complexity index is 361. The molecule has 0 radical (unpaired) electrons. The predicted octanol–water partition coefficient (Wildman–Crippen LogP) is 2.81. The van der Waals surface area contributed by atoms with Crippen LogP contribution in [0.3, 0.4) is 0 Å². The number of benzene rings is 1. The fourth-order valence-corrected chi connectivity index (χ4v) is 2.39. The second-order valence-corrected chi connectivity index (χ2v) is 5.00. The van der Waals surface area contributed by atoms with E-state index < -0.39 is 6.10 Å². The molecule has 0 heterocycles. The minimum atomic E-state index is -0.403. The zero-order chi connectivity index (χ0) is 13.0. The summed E-state index contributed by atoms with van der Waals surface area (Å²) >= 11 is 0. The zero-order valence-corrected chi connectivity index (χ0v) is 10.9. The number of aliphatic hydroxyl groups is 2. The molecular formula is C15H22O3. The molecule has 0 saturated heterocycles. The minimum absolute atomic E-state index is 0.0827. The molecule has 0 aromatic heterocycles. The average molecular weight is 250 g/mol. The second kappa shape index (κ2) is 6.21. The van der Waals surface area contributed by atoms with E-state index in [1.54, 1.807) is 0 Å². The molecule has 0 spiro atoms. The predicted molar refractivity (Wildman–Crippen MR) is 70.6 cm³/mol. The number of aliphatic hydroxyl groups excluding tert-OH is 2. The summed E-state index contributed by atoms with van der Waals surface area (Å²) in [4.78, 5) is 0. The third kappa shape index (κ3) is 3.24. The van der Waals surface area contributed by atoms with Crippen LogP contribution < -0.4 is 4.74 Å². The molecule has 0 amide bonds. The second-order valence-electron chi connectivity index (χ2n) is 5.00. The molecule has 0 aliphatic heterocycles. The summed E-state index contributed by atoms with van der Waals surface area (Å²) in [6, 6.07) is 7.52. The van der Waals surface area contributed by atoms with E-state index in [0.717, 1.165) is 37.0 Å². The van der Waals surface area contributed by atoms with Gasteiger partial charge >= 0.3 is 0 Å². The molecule has 1 aliphatic rings. The van der Waals surface area contributed by atoms with Crippen LogP contribution in [0.4, 0.5) is 0 Å². The number of ether oxygens (including phenoxy) is 1. The van der Waals surface area contributed by atoms with Gasteiger partial charge in [-0.1, -0.05) is 25.5 Å². The van der Waals surface area contributed by atoms with Gasteiger partial charge in [0.2, 0.25) is 0 Å². The number of hydrogen-bond acceptors (Lipinski definition) is 3. The molecule has 1 saturated carbocycles. The third-order valence-electron chi connectivity index (χ3n) is 3.61. The fraction of sp³-hybridized carbons (Fsp3) is 0.600. The summed E-state index contributed by atoms with van der Waals surface area (Å²) in [5.41, 5.74) is 0.911. The van der Waals surface area contributed by atoms with Crippen molar-refractivity contribution in [3.63, 3.8) is 0 Å². The normalized spacial score (nSPS) is 25.7. The Morgan fingerprint density at radius 1 is 1.22 bits per heavy atom. The van der Waals surface area contributed by atoms with Crippen LogP contribution in [-0.4, -0.2) is 22.4 Å². The molecule has 1 aliphatic carbocycles. The van der Waals surface area contributed by atoms with Gasteiger partial charge in [0.1, 0.15) is 11.9 Å². The van der Waals surface area contributed by atoms with Crippen molar-refractivity contribution in [3.05, 3.63) is 29.8 Å². The Morgan fingerprint density at radius 2 is 1.89 bits per heavy atom. The van der Waals surface area contributed by atoms with Crippen molar-refractivity contribution in [1.82, 2.24) is 0 Å². The van der Waals surface area contributed by atoms with Crippen LogP contribution in [-0.2, 0) is 0 Å². The Balaban J connectivity index is 1.97. The molecule has 3 heteroatoms. The summed E-state index contributed by atoms with van der Waals surface area (Å²) in [7, 11) is 0. The topological polar surface area (TPSA) is 49.7 Å². The Labute approximate surface area is 108 Å². The van der Waals surface area contributed by atoms with Gasteiger partial charge in [0, 0.05) is 0 Å². The number of hydrogen-bond donors (Lipinski definition) is 2. The smallest absolute Gasteiger partial charge is 0.124 e. The van der Waals surface area contributed by atoms with Crippen LogP contribution in [0.1, 0.15) is 50.7 Å². The van der Waals surface area contributed by atoms with Crippen molar-refractivity contribution < 1.29 is 14.9 Å². The van der Waals surface area contributed by atoms with Gasteiger partial charge in [-0.25, -0.2) is 0 Å². The molecule has 1 aromatic rings. The molecule has 3 atom stereocenters. The number of rotatable bonds is 4. The van der Waals surface area contributed by atoms with E-state index in [4.69, 9.17) is 4.74 Å². The first kappa shape index (κ1) is 13.4. The van der Waals surface area contributed by atoms with E-state index in [9.17, 15) is 10.2 Å². The van der Waals surface area contributed by atoms with E-state index in [2.05, 4.69) is 0 Å². The van der Waals surface area contributed by atoms with Crippen LogP contribution >= 0.6 is 0 Å². The summed E-state index contributed by atoms with van der Waals surface area (Å²) in [6.07, 6.45) is 3.83. The van der Waals surface area contributed by atoms with E-state index in [1.807, 2.05) is 31.2 Å². The Hall–Kier alpha value is -1.06. The van der Waals surface area contributed by atoms with Gasteiger partial charge in [-0.15, -0.1) is 0 Å². The van der Waals surface area contributed by atoms with Crippen molar-refractivity contribution in [3.8, 4) is 5.75 Å². The van der Waals surface area contributed by atoms with Gasteiger partial charge in [-0.3, -0.25) is 0 Å². The molecular weight excluding hydrogens is 228 g/mol. The van der Waals surface area contributed by atoms with E-state index in [1.165, 1.54) is 0 Å². The quantitative estimate of drug-likeness (QED) is 0.864. The molecule has 1 aromatic carbocycles. The highest BCUT2D eigenvalue weighted by atomic mass is 16.5. The van der Waals surface area contributed by atoms with Gasteiger partial charge in [-0.05, 0) is 43.4 Å². The van der Waals surface area contributed by atoms with Crippen molar-refractivity contribution in [1.29, 1.82) is 0 Å². The maximum atomic E-state index is 9.85. The maximum absolute atomic E-state index is 9.85. The van der Waals surface area contributed by atoms with Crippen LogP contribution in [0.2, 0.25) is 0 Å². The maximum Gasteiger partial charge on any atom is 0.124 e. The fourth-order valence-electron chi connectivity index (χ4n) is 2.39. The van der Waals surface area contributed by atoms with Crippen LogP contribution in [0, 0.1) is 0 Å². The molecule has 2 rings (SSSR count). The van der Waals surface area contributed by atoms with Crippen molar-refractivity contribution in [2.24, 2.45) is 0 Å². The van der Waals surface area contributed by atoms with Gasteiger partial charge in [0.05, 0.1) is 12.2 Å². The SMILES string of the molecule is CCC(O)c1ccc(OC2CCCCC2O)cc1. The zero-order valence-electron chi connectivity index (χ0n) is 10.9. The van der Waals surface area contributed by atoms with E-state index >= 15 is 0 Å². The van der Waals surface area contributed by atoms with Crippen LogP contribution in [0.5, 0.6) is 5.75 Å². The summed E-state index contributed by atoms with van der Waals surface area (Å²) < 4.78 is 5.80. The monoisotopic (exact) mass is 250 g/mol. The minimum Gasteiger partial charge on any atom is -0.488 e.